The Labute approximate surface area is 176 Å². The number of imidazole rings is 1. The molecule has 0 fully saturated rings. The van der Waals surface area contributed by atoms with Gasteiger partial charge in [-0.1, -0.05) is 26.0 Å². The number of rotatable bonds is 5. The number of allylic oxidation sites excluding steroid dienone is 5. The molecular weight excluding hydrogens is 378 g/mol. The first-order chi connectivity index (χ1) is 14.4. The van der Waals surface area contributed by atoms with Crippen LogP contribution < -0.4 is 11.1 Å². The van der Waals surface area contributed by atoms with Crippen LogP contribution in [-0.2, 0) is 9.53 Å². The molecule has 0 saturated carbocycles. The van der Waals surface area contributed by atoms with Gasteiger partial charge in [-0.15, -0.1) is 0 Å². The van der Waals surface area contributed by atoms with Crippen molar-refractivity contribution in [3.63, 3.8) is 0 Å². The lowest BCUT2D eigenvalue weighted by molar-refractivity contribution is -0.118. The molecule has 0 amide bonds. The van der Waals surface area contributed by atoms with E-state index in [4.69, 9.17) is 10.5 Å². The maximum Gasteiger partial charge on any atom is 0.162 e. The fourth-order valence-corrected chi connectivity index (χ4v) is 4.46. The molecule has 1 aliphatic carbocycles. The van der Waals surface area contributed by atoms with E-state index in [0.717, 1.165) is 30.1 Å². The first-order valence-corrected chi connectivity index (χ1v) is 10.3. The second-order valence-corrected chi connectivity index (χ2v) is 8.67. The molecule has 2 aliphatic heterocycles. The van der Waals surface area contributed by atoms with Crippen molar-refractivity contribution in [2.24, 2.45) is 11.1 Å². The van der Waals surface area contributed by atoms with Gasteiger partial charge in [-0.25, -0.2) is 4.98 Å². The van der Waals surface area contributed by atoms with Crippen LogP contribution in [-0.4, -0.2) is 35.1 Å². The molecule has 0 aromatic carbocycles. The fraction of sp³-hybridized carbons (Fsp3) is 0.435. The number of nitrogens with two attached hydrogens (primary N) is 1. The highest BCUT2D eigenvalue weighted by atomic mass is 16.5. The highest BCUT2D eigenvalue weighted by Crippen LogP contribution is 2.46. The van der Waals surface area contributed by atoms with E-state index in [1.165, 1.54) is 0 Å². The number of hydrogen-bond acceptors (Lipinski definition) is 6. The summed E-state index contributed by atoms with van der Waals surface area (Å²) in [6, 6.07) is 2.35. The topological polar surface area (TPSA) is 106 Å². The second kappa shape index (κ2) is 8.05. The van der Waals surface area contributed by atoms with E-state index in [-0.39, 0.29) is 17.8 Å². The summed E-state index contributed by atoms with van der Waals surface area (Å²) in [7, 11) is 0. The van der Waals surface area contributed by atoms with Crippen LogP contribution >= 0.6 is 0 Å². The van der Waals surface area contributed by atoms with Crippen LogP contribution in [0.15, 0.2) is 40.9 Å². The van der Waals surface area contributed by atoms with Gasteiger partial charge in [0.1, 0.15) is 5.82 Å². The molecule has 1 aromatic rings. The van der Waals surface area contributed by atoms with Crippen LogP contribution in [0.3, 0.4) is 0 Å². The fourth-order valence-electron chi connectivity index (χ4n) is 4.46. The first kappa shape index (κ1) is 20.3. The molecule has 1 atom stereocenters. The van der Waals surface area contributed by atoms with Crippen molar-refractivity contribution in [1.29, 1.82) is 5.26 Å². The van der Waals surface area contributed by atoms with E-state index >= 15 is 0 Å². The van der Waals surface area contributed by atoms with Gasteiger partial charge in [0, 0.05) is 30.4 Å². The lowest BCUT2D eigenvalue weighted by Gasteiger charge is -2.39. The number of aromatic nitrogens is 2. The summed E-state index contributed by atoms with van der Waals surface area (Å²) in [5.41, 5.74) is 9.01. The van der Waals surface area contributed by atoms with Crippen LogP contribution in [0.25, 0.3) is 12.3 Å². The zero-order chi connectivity index (χ0) is 21.3. The van der Waals surface area contributed by atoms with Crippen LogP contribution in [0.1, 0.15) is 50.5 Å². The molecule has 1 aromatic heterocycles. The van der Waals surface area contributed by atoms with Gasteiger partial charge in [-0.3, -0.25) is 4.79 Å². The molecule has 30 heavy (non-hydrogen) atoms. The zero-order valence-corrected chi connectivity index (χ0v) is 17.4. The number of Topliss-reactive ketones (excluding diaryl/α,β-unsaturated/α-hetero) is 1. The zero-order valence-electron chi connectivity index (χ0n) is 17.4. The van der Waals surface area contributed by atoms with Gasteiger partial charge >= 0.3 is 0 Å². The van der Waals surface area contributed by atoms with E-state index < -0.39 is 5.92 Å². The third-order valence-corrected chi connectivity index (χ3v) is 5.70. The van der Waals surface area contributed by atoms with Crippen LogP contribution in [0.5, 0.6) is 0 Å². The number of ether oxygens (including phenoxy) is 1. The van der Waals surface area contributed by atoms with Crippen LogP contribution in [0, 0.1) is 16.7 Å². The third-order valence-electron chi connectivity index (χ3n) is 5.70. The molecule has 3 heterocycles. The van der Waals surface area contributed by atoms with Gasteiger partial charge in [0.25, 0.3) is 0 Å². The number of dihydropyridines is 1. The normalized spacial score (nSPS) is 22.3. The molecule has 3 N–H and O–H groups in total. The minimum absolute atomic E-state index is 0.0807. The summed E-state index contributed by atoms with van der Waals surface area (Å²) in [5.74, 6) is 0.405. The molecule has 0 spiro atoms. The van der Waals surface area contributed by atoms with Crippen molar-refractivity contribution in [1.82, 2.24) is 14.9 Å². The number of fused-ring (bicyclic) bond motifs is 1. The van der Waals surface area contributed by atoms with Crippen molar-refractivity contribution in [3.05, 3.63) is 52.4 Å². The number of nitrogens with one attached hydrogen (secondary N) is 1. The summed E-state index contributed by atoms with van der Waals surface area (Å²) in [5, 5.41) is 13.5. The Morgan fingerprint density at radius 1 is 1.40 bits per heavy atom. The largest absolute Gasteiger partial charge is 0.374 e. The maximum atomic E-state index is 13.3. The Kier molecular flexibility index (Phi) is 5.46. The van der Waals surface area contributed by atoms with E-state index in [9.17, 15) is 10.1 Å². The molecular formula is C23H27N5O2. The minimum Gasteiger partial charge on any atom is -0.374 e. The Morgan fingerprint density at radius 3 is 3.00 bits per heavy atom. The molecule has 7 nitrogen and oxygen atoms in total. The third kappa shape index (κ3) is 3.64. The Bertz CT molecular complexity index is 1030. The summed E-state index contributed by atoms with van der Waals surface area (Å²) in [4.78, 5) is 17.8. The highest BCUT2D eigenvalue weighted by molar-refractivity contribution is 6.00. The van der Waals surface area contributed by atoms with Crippen molar-refractivity contribution in [3.8, 4) is 6.07 Å². The number of carbonyl (C=O) groups excluding carboxylic acids is 1. The highest BCUT2D eigenvalue weighted by Gasteiger charge is 2.43. The van der Waals surface area contributed by atoms with Gasteiger partial charge in [0.2, 0.25) is 0 Å². The predicted molar refractivity (Wildman–Crippen MR) is 115 cm³/mol. The average Bonchev–Trinajstić information content (AvgIpc) is 2.93. The van der Waals surface area contributed by atoms with Gasteiger partial charge in [-0.2, -0.15) is 5.26 Å². The molecule has 3 aliphatic rings. The lowest BCUT2D eigenvalue weighted by atomic mass is 9.69. The van der Waals surface area contributed by atoms with Gasteiger partial charge in [0.15, 0.2) is 5.78 Å². The maximum absolute atomic E-state index is 13.3. The second-order valence-electron chi connectivity index (χ2n) is 8.67. The smallest absolute Gasteiger partial charge is 0.162 e. The Hall–Kier alpha value is -2.95. The van der Waals surface area contributed by atoms with Gasteiger partial charge in [-0.05, 0) is 24.3 Å². The van der Waals surface area contributed by atoms with E-state index in [2.05, 4.69) is 30.2 Å². The molecule has 0 radical (unpaired) electrons. The molecule has 7 heteroatoms. The minimum atomic E-state index is -0.469. The molecule has 4 rings (SSSR count). The molecule has 0 saturated heterocycles. The number of carbonyl (C=O) groups is 1. The lowest BCUT2D eigenvalue weighted by Crippen LogP contribution is -2.38. The SMILES string of the molecule is CC1(C)CC(=O)C2=C(C1)NC(COCCN)=C(C#N)C2c1cnc2n1C=CCC=C2. The quantitative estimate of drug-likeness (QED) is 0.730. The van der Waals surface area contributed by atoms with Crippen LogP contribution in [0.4, 0.5) is 0 Å². The standard InChI is InChI=1S/C23H27N5O2/c1-23(2)10-16-22(19(29)11-23)21(15(12-25)17(27-16)14-30-9-7-24)18-13-26-20-6-4-3-5-8-28(18)20/h4-6,8,13,21,27H,3,7,9-11,14,24H2,1-2H3. The molecule has 1 unspecified atom stereocenters. The Morgan fingerprint density at radius 2 is 2.23 bits per heavy atom. The number of ketones is 1. The summed E-state index contributed by atoms with van der Waals surface area (Å²) < 4.78 is 7.64. The van der Waals surface area contributed by atoms with Gasteiger partial charge in [0.05, 0.1) is 48.4 Å². The van der Waals surface area contributed by atoms with Gasteiger partial charge < -0.3 is 20.4 Å². The van der Waals surface area contributed by atoms with Crippen molar-refractivity contribution < 1.29 is 9.53 Å². The van der Waals surface area contributed by atoms with E-state index in [1.54, 1.807) is 6.20 Å². The molecule has 156 valence electrons. The summed E-state index contributed by atoms with van der Waals surface area (Å²) >= 11 is 0. The molecule has 0 bridgehead atoms. The number of nitriles is 1. The predicted octanol–water partition coefficient (Wildman–Crippen LogP) is 2.85. The first-order valence-electron chi connectivity index (χ1n) is 10.3. The van der Waals surface area contributed by atoms with Crippen LogP contribution in [0.2, 0.25) is 0 Å². The monoisotopic (exact) mass is 405 g/mol. The summed E-state index contributed by atoms with van der Waals surface area (Å²) in [6.07, 6.45) is 11.8. The van der Waals surface area contributed by atoms with E-state index in [1.807, 2.05) is 29.0 Å². The average molecular weight is 406 g/mol. The van der Waals surface area contributed by atoms with Crippen molar-refractivity contribution in [2.75, 3.05) is 19.8 Å². The number of nitrogens with zero attached hydrogens (tertiary/aromatic N) is 3. The van der Waals surface area contributed by atoms with Crippen molar-refractivity contribution in [2.45, 2.75) is 39.0 Å². The van der Waals surface area contributed by atoms with E-state index in [0.29, 0.717) is 36.4 Å². The number of hydrogen-bond donors (Lipinski definition) is 2. The summed E-state index contributed by atoms with van der Waals surface area (Å²) in [6.45, 7) is 5.25. The van der Waals surface area contributed by atoms with Crippen molar-refractivity contribution >= 4 is 18.1 Å². The Balaban J connectivity index is 1.87.